The first-order chi connectivity index (χ1) is 9.76. The van der Waals surface area contributed by atoms with Gasteiger partial charge in [0, 0.05) is 6.07 Å². The lowest BCUT2D eigenvalue weighted by molar-refractivity contribution is 0.332. The summed E-state index contributed by atoms with van der Waals surface area (Å²) in [4.78, 5) is 4.45. The molecular formula is C14H22N4O2. The highest BCUT2D eigenvalue weighted by molar-refractivity contribution is 5.95. The average Bonchev–Trinajstić information content (AvgIpc) is 3.25. The Kier molecular flexibility index (Phi) is 5.06. The summed E-state index contributed by atoms with van der Waals surface area (Å²) >= 11 is 0. The Balaban J connectivity index is 2.18. The summed E-state index contributed by atoms with van der Waals surface area (Å²) in [6, 6.07) is 6.02. The minimum atomic E-state index is 0.374. The van der Waals surface area contributed by atoms with Crippen LogP contribution in [0.25, 0.3) is 0 Å². The summed E-state index contributed by atoms with van der Waals surface area (Å²) in [5.41, 5.74) is 3.37. The number of ether oxygens (including phenoxy) is 2. The van der Waals surface area contributed by atoms with E-state index in [-0.39, 0.29) is 0 Å². The van der Waals surface area contributed by atoms with E-state index in [4.69, 9.17) is 15.3 Å². The summed E-state index contributed by atoms with van der Waals surface area (Å²) < 4.78 is 11.1. The normalized spacial score (nSPS) is 14.8. The van der Waals surface area contributed by atoms with Crippen LogP contribution in [0.3, 0.4) is 0 Å². The highest BCUT2D eigenvalue weighted by Gasteiger charge is 2.21. The number of aliphatic imine (C=N–C) groups is 1. The number of nitrogens with one attached hydrogen (secondary N) is 2. The second-order valence-corrected chi connectivity index (χ2v) is 4.50. The van der Waals surface area contributed by atoms with Gasteiger partial charge in [0.2, 0.25) is 5.96 Å². The molecule has 0 bridgehead atoms. The van der Waals surface area contributed by atoms with E-state index in [0.29, 0.717) is 25.2 Å². The van der Waals surface area contributed by atoms with Crippen molar-refractivity contribution in [2.75, 3.05) is 18.5 Å². The lowest BCUT2D eigenvalue weighted by Gasteiger charge is -2.15. The van der Waals surface area contributed by atoms with Crippen molar-refractivity contribution < 1.29 is 9.47 Å². The van der Waals surface area contributed by atoms with Gasteiger partial charge < -0.3 is 14.8 Å². The number of hydrogen-bond donors (Lipinski definition) is 3. The Morgan fingerprint density at radius 1 is 1.30 bits per heavy atom. The maximum atomic E-state index is 5.59. The summed E-state index contributed by atoms with van der Waals surface area (Å²) in [5.74, 6) is 7.57. The van der Waals surface area contributed by atoms with Gasteiger partial charge in [-0.15, -0.1) is 0 Å². The molecule has 4 N–H and O–H groups in total. The number of benzene rings is 1. The number of hydrogen-bond acceptors (Lipinski definition) is 4. The number of anilines is 1. The van der Waals surface area contributed by atoms with Gasteiger partial charge in [-0.1, -0.05) is 0 Å². The molecule has 1 aromatic rings. The van der Waals surface area contributed by atoms with Crippen LogP contribution in [0, 0.1) is 0 Å². The molecule has 6 heteroatoms. The zero-order chi connectivity index (χ0) is 14.4. The Bertz CT molecular complexity index is 472. The van der Waals surface area contributed by atoms with Crippen LogP contribution in [0.5, 0.6) is 11.5 Å². The quantitative estimate of drug-likeness (QED) is 0.320. The van der Waals surface area contributed by atoms with Gasteiger partial charge in [0.05, 0.1) is 24.9 Å². The highest BCUT2D eigenvalue weighted by Crippen LogP contribution is 2.30. The van der Waals surface area contributed by atoms with Gasteiger partial charge in [0.25, 0.3) is 0 Å². The molecule has 6 nitrogen and oxygen atoms in total. The molecule has 2 rings (SSSR count). The minimum Gasteiger partial charge on any atom is -0.494 e. The molecule has 0 heterocycles. The molecular weight excluding hydrogens is 256 g/mol. The Hall–Kier alpha value is -1.95. The second kappa shape index (κ2) is 7.00. The molecule has 0 radical (unpaired) electrons. The van der Waals surface area contributed by atoms with Crippen LogP contribution < -0.4 is 26.1 Å². The zero-order valence-corrected chi connectivity index (χ0v) is 12.0. The van der Waals surface area contributed by atoms with Crippen LogP contribution in [0.15, 0.2) is 23.2 Å². The fourth-order valence-corrected chi connectivity index (χ4v) is 1.76. The molecule has 0 aliphatic heterocycles. The van der Waals surface area contributed by atoms with E-state index >= 15 is 0 Å². The van der Waals surface area contributed by atoms with Crippen LogP contribution in [0.4, 0.5) is 5.69 Å². The van der Waals surface area contributed by atoms with E-state index in [1.807, 2.05) is 32.0 Å². The van der Waals surface area contributed by atoms with Gasteiger partial charge in [-0.2, -0.15) is 0 Å². The molecule has 1 aromatic carbocycles. The number of guanidine groups is 1. The van der Waals surface area contributed by atoms with Crippen molar-refractivity contribution in [3.05, 3.63) is 18.2 Å². The van der Waals surface area contributed by atoms with Crippen LogP contribution in [0.2, 0.25) is 0 Å². The molecule has 1 saturated carbocycles. The summed E-state index contributed by atoms with van der Waals surface area (Å²) in [7, 11) is 0. The zero-order valence-electron chi connectivity index (χ0n) is 12.0. The van der Waals surface area contributed by atoms with Crippen molar-refractivity contribution in [1.82, 2.24) is 5.43 Å². The molecule has 1 aliphatic carbocycles. The van der Waals surface area contributed by atoms with Crippen LogP contribution >= 0.6 is 0 Å². The SMILES string of the molecule is CCOc1ccc(OCC)c(NC(=NC2CC2)NN)c1. The third kappa shape index (κ3) is 4.03. The molecule has 1 fully saturated rings. The molecule has 1 aliphatic rings. The maximum Gasteiger partial charge on any atom is 0.210 e. The van der Waals surface area contributed by atoms with Crippen molar-refractivity contribution in [3.63, 3.8) is 0 Å². The first-order valence-electron chi connectivity index (χ1n) is 6.97. The minimum absolute atomic E-state index is 0.374. The molecule has 0 amide bonds. The fourth-order valence-electron chi connectivity index (χ4n) is 1.76. The number of nitrogens with two attached hydrogens (primary N) is 1. The molecule has 0 spiro atoms. The monoisotopic (exact) mass is 278 g/mol. The van der Waals surface area contributed by atoms with Crippen molar-refractivity contribution in [1.29, 1.82) is 0 Å². The highest BCUT2D eigenvalue weighted by atomic mass is 16.5. The van der Waals surface area contributed by atoms with Crippen molar-refractivity contribution in [2.24, 2.45) is 10.8 Å². The first kappa shape index (κ1) is 14.5. The van der Waals surface area contributed by atoms with Gasteiger partial charge in [-0.05, 0) is 38.8 Å². The van der Waals surface area contributed by atoms with E-state index in [0.717, 1.165) is 30.0 Å². The Morgan fingerprint density at radius 2 is 2.05 bits per heavy atom. The molecule has 0 unspecified atom stereocenters. The first-order valence-corrected chi connectivity index (χ1v) is 6.97. The summed E-state index contributed by atoms with van der Waals surface area (Å²) in [5, 5.41) is 3.16. The van der Waals surface area contributed by atoms with Crippen LogP contribution in [-0.2, 0) is 0 Å². The Morgan fingerprint density at radius 3 is 2.65 bits per heavy atom. The largest absolute Gasteiger partial charge is 0.494 e. The predicted molar refractivity (Wildman–Crippen MR) is 80.2 cm³/mol. The van der Waals surface area contributed by atoms with Crippen molar-refractivity contribution in [2.45, 2.75) is 32.7 Å². The smallest absolute Gasteiger partial charge is 0.210 e. The van der Waals surface area contributed by atoms with Gasteiger partial charge in [-0.3, -0.25) is 5.43 Å². The maximum absolute atomic E-state index is 5.59. The van der Waals surface area contributed by atoms with E-state index in [9.17, 15) is 0 Å². The van der Waals surface area contributed by atoms with Crippen molar-refractivity contribution >= 4 is 11.6 Å². The van der Waals surface area contributed by atoms with Gasteiger partial charge in [0.1, 0.15) is 11.5 Å². The van der Waals surface area contributed by atoms with Gasteiger partial charge in [0.15, 0.2) is 0 Å². The lowest BCUT2D eigenvalue weighted by atomic mass is 10.2. The molecule has 0 aromatic heterocycles. The van der Waals surface area contributed by atoms with E-state index in [1.54, 1.807) is 0 Å². The molecule has 20 heavy (non-hydrogen) atoms. The van der Waals surface area contributed by atoms with Crippen LogP contribution in [0.1, 0.15) is 26.7 Å². The second-order valence-electron chi connectivity index (χ2n) is 4.50. The number of nitrogens with zero attached hydrogens (tertiary/aromatic N) is 1. The summed E-state index contributed by atoms with van der Waals surface area (Å²) in [6.07, 6.45) is 2.23. The molecule has 0 atom stereocenters. The topological polar surface area (TPSA) is 80.9 Å². The number of rotatable bonds is 6. The van der Waals surface area contributed by atoms with E-state index in [1.165, 1.54) is 0 Å². The number of hydrazine groups is 1. The van der Waals surface area contributed by atoms with E-state index < -0.39 is 0 Å². The van der Waals surface area contributed by atoms with Crippen LogP contribution in [-0.4, -0.2) is 25.2 Å². The third-order valence-electron chi connectivity index (χ3n) is 2.81. The van der Waals surface area contributed by atoms with Gasteiger partial charge >= 0.3 is 0 Å². The van der Waals surface area contributed by atoms with Gasteiger partial charge in [-0.25, -0.2) is 10.8 Å². The Labute approximate surface area is 119 Å². The standard InChI is InChI=1S/C14H22N4O2/c1-3-19-11-7-8-13(20-4-2)12(9-11)17-14(18-15)16-10-5-6-10/h7-10H,3-6,15H2,1-2H3,(H2,16,17,18). The predicted octanol–water partition coefficient (Wildman–Crippen LogP) is 1.88. The fraction of sp³-hybridized carbons (Fsp3) is 0.500. The van der Waals surface area contributed by atoms with Crippen molar-refractivity contribution in [3.8, 4) is 11.5 Å². The van der Waals surface area contributed by atoms with E-state index in [2.05, 4.69) is 15.7 Å². The third-order valence-corrected chi connectivity index (χ3v) is 2.81. The summed E-state index contributed by atoms with van der Waals surface area (Å²) in [6.45, 7) is 5.10. The average molecular weight is 278 g/mol. The molecule has 0 saturated heterocycles. The molecule has 110 valence electrons. The lowest BCUT2D eigenvalue weighted by Crippen LogP contribution is -2.36.